The highest BCUT2D eigenvalue weighted by Gasteiger charge is 2.46. The SMILES string of the molecule is COCN1C(=O)N(O)C(OC)C1OC. The zero-order valence-electron chi connectivity index (χ0n) is 8.34. The molecule has 0 aromatic heterocycles. The van der Waals surface area contributed by atoms with E-state index in [1.54, 1.807) is 0 Å². The van der Waals surface area contributed by atoms with Crippen LogP contribution < -0.4 is 0 Å². The fraction of sp³-hybridized carbons (Fsp3) is 0.857. The van der Waals surface area contributed by atoms with Crippen LogP contribution in [0.25, 0.3) is 0 Å². The molecule has 0 bridgehead atoms. The number of urea groups is 1. The fourth-order valence-electron chi connectivity index (χ4n) is 1.35. The number of carbonyl (C=O) groups excluding carboxylic acids is 1. The van der Waals surface area contributed by atoms with Crippen LogP contribution in [0, 0.1) is 0 Å². The molecule has 1 aliphatic heterocycles. The fourth-order valence-corrected chi connectivity index (χ4v) is 1.35. The zero-order chi connectivity index (χ0) is 10.7. The van der Waals surface area contributed by atoms with Crippen molar-refractivity contribution in [3.05, 3.63) is 0 Å². The third-order valence-electron chi connectivity index (χ3n) is 1.99. The number of carbonyl (C=O) groups is 1. The maximum atomic E-state index is 11.4. The Morgan fingerprint density at radius 3 is 2.29 bits per heavy atom. The van der Waals surface area contributed by atoms with Gasteiger partial charge in [-0.05, 0) is 0 Å². The number of hydrogen-bond donors (Lipinski definition) is 1. The first-order chi connectivity index (χ1) is 6.67. The summed E-state index contributed by atoms with van der Waals surface area (Å²) < 4.78 is 14.7. The van der Waals surface area contributed by atoms with Crippen LogP contribution in [0.5, 0.6) is 0 Å². The molecule has 0 radical (unpaired) electrons. The van der Waals surface area contributed by atoms with Gasteiger partial charge in [-0.2, -0.15) is 5.06 Å². The molecule has 0 spiro atoms. The molecule has 0 aliphatic carbocycles. The van der Waals surface area contributed by atoms with Crippen molar-refractivity contribution in [2.75, 3.05) is 28.1 Å². The zero-order valence-corrected chi connectivity index (χ0v) is 8.34. The molecule has 1 N–H and O–H groups in total. The second kappa shape index (κ2) is 4.56. The van der Waals surface area contributed by atoms with Crippen molar-refractivity contribution in [3.63, 3.8) is 0 Å². The number of nitrogens with zero attached hydrogens (tertiary/aromatic N) is 2. The number of amides is 2. The molecule has 0 aromatic carbocycles. The van der Waals surface area contributed by atoms with Crippen LogP contribution in [0.1, 0.15) is 0 Å². The minimum atomic E-state index is -0.831. The lowest BCUT2D eigenvalue weighted by molar-refractivity contribution is -0.192. The Morgan fingerprint density at radius 1 is 1.29 bits per heavy atom. The second-order valence-electron chi connectivity index (χ2n) is 2.77. The summed E-state index contributed by atoms with van der Waals surface area (Å²) in [5.41, 5.74) is 0. The summed E-state index contributed by atoms with van der Waals surface area (Å²) in [6.45, 7) is 0.0360. The number of ether oxygens (including phenoxy) is 3. The Kier molecular flexibility index (Phi) is 3.64. The first kappa shape index (κ1) is 11.2. The van der Waals surface area contributed by atoms with Gasteiger partial charge in [0.05, 0.1) is 0 Å². The molecule has 1 fully saturated rings. The standard InChI is InChI=1S/C7H14N2O5/c1-12-4-8-5(13-2)6(14-3)9(11)7(8)10/h5-6,11H,4H2,1-3H3. The van der Waals surface area contributed by atoms with Crippen LogP contribution in [0.3, 0.4) is 0 Å². The first-order valence-electron chi connectivity index (χ1n) is 4.00. The van der Waals surface area contributed by atoms with E-state index in [1.807, 2.05) is 0 Å². The monoisotopic (exact) mass is 206 g/mol. The van der Waals surface area contributed by atoms with Crippen molar-refractivity contribution >= 4 is 6.03 Å². The summed E-state index contributed by atoms with van der Waals surface area (Å²) in [4.78, 5) is 12.6. The maximum absolute atomic E-state index is 11.4. The van der Waals surface area contributed by atoms with Crippen LogP contribution in [-0.2, 0) is 14.2 Å². The van der Waals surface area contributed by atoms with Gasteiger partial charge in [-0.15, -0.1) is 0 Å². The van der Waals surface area contributed by atoms with E-state index in [0.29, 0.717) is 5.06 Å². The largest absolute Gasteiger partial charge is 0.364 e. The van der Waals surface area contributed by atoms with Gasteiger partial charge < -0.3 is 14.2 Å². The molecule has 2 atom stereocenters. The van der Waals surface area contributed by atoms with Gasteiger partial charge in [-0.1, -0.05) is 0 Å². The molecule has 0 saturated carbocycles. The van der Waals surface area contributed by atoms with Crippen molar-refractivity contribution in [2.24, 2.45) is 0 Å². The summed E-state index contributed by atoms with van der Waals surface area (Å²) in [6, 6.07) is -0.606. The number of methoxy groups -OCH3 is 3. The van der Waals surface area contributed by atoms with E-state index in [-0.39, 0.29) is 6.73 Å². The maximum Gasteiger partial charge on any atom is 0.350 e. The topological polar surface area (TPSA) is 71.5 Å². The Morgan fingerprint density at radius 2 is 1.86 bits per heavy atom. The lowest BCUT2D eigenvalue weighted by Crippen LogP contribution is -2.40. The van der Waals surface area contributed by atoms with Gasteiger partial charge in [0.2, 0.25) is 6.23 Å². The quantitative estimate of drug-likeness (QED) is 0.637. The third-order valence-corrected chi connectivity index (χ3v) is 1.99. The normalized spacial score (nSPS) is 27.6. The van der Waals surface area contributed by atoms with Gasteiger partial charge >= 0.3 is 6.03 Å². The Hall–Kier alpha value is -0.890. The molecule has 2 amide bonds. The predicted molar refractivity (Wildman–Crippen MR) is 44.3 cm³/mol. The number of rotatable bonds is 4. The first-order valence-corrected chi connectivity index (χ1v) is 4.00. The van der Waals surface area contributed by atoms with Crippen LogP contribution in [0.2, 0.25) is 0 Å². The van der Waals surface area contributed by atoms with Crippen molar-refractivity contribution in [1.82, 2.24) is 9.96 Å². The minimum Gasteiger partial charge on any atom is -0.364 e. The van der Waals surface area contributed by atoms with Gasteiger partial charge in [0.25, 0.3) is 0 Å². The van der Waals surface area contributed by atoms with Crippen molar-refractivity contribution < 1.29 is 24.2 Å². The van der Waals surface area contributed by atoms with E-state index in [2.05, 4.69) is 0 Å². The summed E-state index contributed by atoms with van der Waals surface area (Å²) in [5.74, 6) is 0. The third kappa shape index (κ3) is 1.67. The van der Waals surface area contributed by atoms with Gasteiger partial charge in [-0.3, -0.25) is 10.1 Å². The van der Waals surface area contributed by atoms with Crippen LogP contribution in [-0.4, -0.2) is 61.7 Å². The lowest BCUT2D eigenvalue weighted by Gasteiger charge is -2.22. The summed E-state index contributed by atoms with van der Waals surface area (Å²) in [7, 11) is 4.25. The summed E-state index contributed by atoms with van der Waals surface area (Å²) >= 11 is 0. The van der Waals surface area contributed by atoms with Crippen LogP contribution in [0.15, 0.2) is 0 Å². The molecule has 7 nitrogen and oxygen atoms in total. The van der Waals surface area contributed by atoms with E-state index in [9.17, 15) is 10.0 Å². The average Bonchev–Trinajstić information content (AvgIpc) is 2.42. The molecule has 0 aromatic rings. The van der Waals surface area contributed by atoms with Gasteiger partial charge in [0, 0.05) is 21.3 Å². The molecular weight excluding hydrogens is 192 g/mol. The Labute approximate surface area is 81.7 Å². The number of hydrogen-bond acceptors (Lipinski definition) is 5. The summed E-state index contributed by atoms with van der Waals surface area (Å²) in [6.07, 6.45) is -1.50. The van der Waals surface area contributed by atoms with Crippen LogP contribution in [0.4, 0.5) is 4.79 Å². The lowest BCUT2D eigenvalue weighted by atomic mass is 10.5. The highest BCUT2D eigenvalue weighted by atomic mass is 16.6. The smallest absolute Gasteiger partial charge is 0.350 e. The molecule has 7 heteroatoms. The molecule has 1 aliphatic rings. The molecule has 2 unspecified atom stereocenters. The Balaban J connectivity index is 2.79. The van der Waals surface area contributed by atoms with E-state index in [4.69, 9.17) is 14.2 Å². The second-order valence-corrected chi connectivity index (χ2v) is 2.77. The molecule has 82 valence electrons. The molecule has 1 saturated heterocycles. The Bertz CT molecular complexity index is 212. The predicted octanol–water partition coefficient (Wildman–Crippen LogP) is -0.338. The molecular formula is C7H14N2O5. The van der Waals surface area contributed by atoms with E-state index in [1.165, 1.54) is 26.2 Å². The van der Waals surface area contributed by atoms with E-state index >= 15 is 0 Å². The van der Waals surface area contributed by atoms with Crippen LogP contribution >= 0.6 is 0 Å². The molecule has 1 heterocycles. The van der Waals surface area contributed by atoms with Crippen molar-refractivity contribution in [1.29, 1.82) is 0 Å². The number of hydroxylamine groups is 2. The van der Waals surface area contributed by atoms with Gasteiger partial charge in [0.1, 0.15) is 6.73 Å². The van der Waals surface area contributed by atoms with E-state index < -0.39 is 18.5 Å². The van der Waals surface area contributed by atoms with Crippen molar-refractivity contribution in [2.45, 2.75) is 12.5 Å². The highest BCUT2D eigenvalue weighted by molar-refractivity contribution is 5.75. The van der Waals surface area contributed by atoms with Crippen molar-refractivity contribution in [3.8, 4) is 0 Å². The molecule has 14 heavy (non-hydrogen) atoms. The minimum absolute atomic E-state index is 0.0360. The highest BCUT2D eigenvalue weighted by Crippen LogP contribution is 2.21. The van der Waals surface area contributed by atoms with E-state index in [0.717, 1.165) is 0 Å². The average molecular weight is 206 g/mol. The summed E-state index contributed by atoms with van der Waals surface area (Å²) in [5, 5.41) is 9.82. The van der Waals surface area contributed by atoms with Gasteiger partial charge in [0.15, 0.2) is 6.23 Å². The molecule has 1 rings (SSSR count). The van der Waals surface area contributed by atoms with Gasteiger partial charge in [-0.25, -0.2) is 4.79 Å².